The number of pyridine rings is 1. The van der Waals surface area contributed by atoms with Crippen molar-refractivity contribution in [3.05, 3.63) is 29.6 Å². The maximum atomic E-state index is 11.2. The zero-order chi connectivity index (χ0) is 12.7. The van der Waals surface area contributed by atoms with Crippen LogP contribution in [0.3, 0.4) is 0 Å². The van der Waals surface area contributed by atoms with Crippen LogP contribution in [-0.4, -0.2) is 24.0 Å². The van der Waals surface area contributed by atoms with E-state index >= 15 is 0 Å². The van der Waals surface area contributed by atoms with Crippen molar-refractivity contribution in [3.63, 3.8) is 0 Å². The van der Waals surface area contributed by atoms with Crippen LogP contribution in [0, 0.1) is 11.3 Å². The molecule has 0 fully saturated rings. The monoisotopic (exact) mass is 233 g/mol. The standard InChI is InChI=1S/C11H11N3O3/c1-17-11(16)8-3-5-13-9(6-8)7-14-10(15)2-4-12/h3,5-6H,2,7H2,1H3,(H,14,15). The second-order valence-corrected chi connectivity index (χ2v) is 3.14. The van der Waals surface area contributed by atoms with Crippen LogP contribution in [0.4, 0.5) is 0 Å². The molecule has 6 heteroatoms. The summed E-state index contributed by atoms with van der Waals surface area (Å²) < 4.78 is 4.56. The number of hydrogen-bond acceptors (Lipinski definition) is 5. The van der Waals surface area contributed by atoms with E-state index in [9.17, 15) is 9.59 Å². The van der Waals surface area contributed by atoms with Gasteiger partial charge in [-0.1, -0.05) is 0 Å². The van der Waals surface area contributed by atoms with Gasteiger partial charge in [-0.2, -0.15) is 5.26 Å². The number of nitriles is 1. The minimum absolute atomic E-state index is 0.172. The predicted molar refractivity (Wildman–Crippen MR) is 57.7 cm³/mol. The van der Waals surface area contributed by atoms with E-state index in [1.807, 2.05) is 0 Å². The Balaban J connectivity index is 2.64. The van der Waals surface area contributed by atoms with Crippen LogP contribution in [-0.2, 0) is 16.1 Å². The second-order valence-electron chi connectivity index (χ2n) is 3.14. The lowest BCUT2D eigenvalue weighted by molar-refractivity contribution is -0.120. The lowest BCUT2D eigenvalue weighted by Gasteiger charge is -2.04. The Morgan fingerprint density at radius 2 is 2.35 bits per heavy atom. The van der Waals surface area contributed by atoms with Crippen LogP contribution in [0.25, 0.3) is 0 Å². The summed E-state index contributed by atoms with van der Waals surface area (Å²) in [7, 11) is 1.29. The molecule has 0 aliphatic rings. The first kappa shape index (κ1) is 12.6. The van der Waals surface area contributed by atoms with Gasteiger partial charge in [0.25, 0.3) is 0 Å². The van der Waals surface area contributed by atoms with E-state index in [1.165, 1.54) is 25.4 Å². The number of nitrogens with zero attached hydrogens (tertiary/aromatic N) is 2. The maximum absolute atomic E-state index is 11.2. The van der Waals surface area contributed by atoms with Gasteiger partial charge in [-0.3, -0.25) is 9.78 Å². The lowest BCUT2D eigenvalue weighted by Crippen LogP contribution is -2.22. The molecule has 1 aromatic rings. The van der Waals surface area contributed by atoms with E-state index in [2.05, 4.69) is 15.0 Å². The number of carbonyl (C=O) groups is 2. The number of rotatable bonds is 4. The fourth-order valence-electron chi connectivity index (χ4n) is 1.14. The molecule has 1 amide bonds. The highest BCUT2D eigenvalue weighted by Crippen LogP contribution is 2.03. The van der Waals surface area contributed by atoms with E-state index in [1.54, 1.807) is 6.07 Å². The number of nitrogens with one attached hydrogen (secondary N) is 1. The van der Waals surface area contributed by atoms with Crippen LogP contribution in [0.1, 0.15) is 22.5 Å². The van der Waals surface area contributed by atoms with Gasteiger partial charge in [0.05, 0.1) is 31.0 Å². The summed E-state index contributed by atoms with van der Waals surface area (Å²) >= 11 is 0. The SMILES string of the molecule is COC(=O)c1ccnc(CNC(=O)CC#N)c1. The van der Waals surface area contributed by atoms with Crippen molar-refractivity contribution < 1.29 is 14.3 Å². The van der Waals surface area contributed by atoms with Crippen molar-refractivity contribution in [3.8, 4) is 6.07 Å². The molecule has 88 valence electrons. The zero-order valence-electron chi connectivity index (χ0n) is 9.27. The number of methoxy groups -OCH3 is 1. The molecule has 1 heterocycles. The van der Waals surface area contributed by atoms with Gasteiger partial charge in [0.15, 0.2) is 0 Å². The van der Waals surface area contributed by atoms with Crippen LogP contribution >= 0.6 is 0 Å². The number of ether oxygens (including phenoxy) is 1. The number of aromatic nitrogens is 1. The van der Waals surface area contributed by atoms with Gasteiger partial charge in [0, 0.05) is 6.20 Å². The Labute approximate surface area is 98.2 Å². The van der Waals surface area contributed by atoms with Crippen molar-refractivity contribution in [1.82, 2.24) is 10.3 Å². The highest BCUT2D eigenvalue weighted by Gasteiger charge is 2.07. The molecule has 0 aromatic carbocycles. The number of esters is 1. The van der Waals surface area contributed by atoms with Crippen molar-refractivity contribution in [2.75, 3.05) is 7.11 Å². The van der Waals surface area contributed by atoms with Crippen molar-refractivity contribution in [2.24, 2.45) is 0 Å². The van der Waals surface area contributed by atoms with E-state index < -0.39 is 5.97 Å². The topological polar surface area (TPSA) is 92.1 Å². The number of hydrogen-bond donors (Lipinski definition) is 1. The first-order valence-electron chi connectivity index (χ1n) is 4.84. The second kappa shape index (κ2) is 6.23. The molecular weight excluding hydrogens is 222 g/mol. The van der Waals surface area contributed by atoms with Crippen LogP contribution in [0.5, 0.6) is 0 Å². The van der Waals surface area contributed by atoms with Gasteiger partial charge in [-0.05, 0) is 12.1 Å². The smallest absolute Gasteiger partial charge is 0.337 e. The summed E-state index contributed by atoms with van der Waals surface area (Å²) in [4.78, 5) is 26.2. The fourth-order valence-corrected chi connectivity index (χ4v) is 1.14. The highest BCUT2D eigenvalue weighted by molar-refractivity contribution is 5.89. The van der Waals surface area contributed by atoms with E-state index in [-0.39, 0.29) is 18.9 Å². The molecule has 6 nitrogen and oxygen atoms in total. The summed E-state index contributed by atoms with van der Waals surface area (Å²) in [6, 6.07) is 4.78. The minimum Gasteiger partial charge on any atom is -0.465 e. The highest BCUT2D eigenvalue weighted by atomic mass is 16.5. The number of carbonyl (C=O) groups excluding carboxylic acids is 2. The summed E-state index contributed by atoms with van der Waals surface area (Å²) in [5, 5.41) is 10.8. The molecule has 0 atom stereocenters. The molecule has 0 aliphatic heterocycles. The Hall–Kier alpha value is -2.42. The molecule has 0 saturated heterocycles. The van der Waals surface area contributed by atoms with Gasteiger partial charge < -0.3 is 10.1 Å². The third-order valence-corrected chi connectivity index (χ3v) is 1.94. The Bertz CT molecular complexity index is 465. The summed E-state index contributed by atoms with van der Waals surface area (Å²) in [6.45, 7) is 0.172. The first-order valence-corrected chi connectivity index (χ1v) is 4.84. The molecule has 1 rings (SSSR count). The molecule has 0 saturated carbocycles. The molecule has 0 aliphatic carbocycles. The Morgan fingerprint density at radius 3 is 3.00 bits per heavy atom. The average Bonchev–Trinajstić information content (AvgIpc) is 2.36. The molecule has 1 N–H and O–H groups in total. The molecule has 17 heavy (non-hydrogen) atoms. The van der Waals surface area contributed by atoms with Crippen molar-refractivity contribution in [2.45, 2.75) is 13.0 Å². The van der Waals surface area contributed by atoms with E-state index in [0.717, 1.165) is 0 Å². The Morgan fingerprint density at radius 1 is 1.59 bits per heavy atom. The van der Waals surface area contributed by atoms with Gasteiger partial charge in [-0.15, -0.1) is 0 Å². The van der Waals surface area contributed by atoms with Crippen molar-refractivity contribution >= 4 is 11.9 Å². The first-order chi connectivity index (χ1) is 8.17. The lowest BCUT2D eigenvalue weighted by atomic mass is 10.2. The third-order valence-electron chi connectivity index (χ3n) is 1.94. The minimum atomic E-state index is -0.461. The van der Waals surface area contributed by atoms with Gasteiger partial charge >= 0.3 is 5.97 Å². The van der Waals surface area contributed by atoms with Crippen molar-refractivity contribution in [1.29, 1.82) is 5.26 Å². The van der Waals surface area contributed by atoms with Gasteiger partial charge in [0.2, 0.25) is 5.91 Å². The number of amides is 1. The zero-order valence-corrected chi connectivity index (χ0v) is 9.27. The van der Waals surface area contributed by atoms with E-state index in [4.69, 9.17) is 5.26 Å². The maximum Gasteiger partial charge on any atom is 0.337 e. The quantitative estimate of drug-likeness (QED) is 0.760. The van der Waals surface area contributed by atoms with Gasteiger partial charge in [0.1, 0.15) is 6.42 Å². The molecule has 0 unspecified atom stereocenters. The van der Waals surface area contributed by atoms with E-state index in [0.29, 0.717) is 11.3 Å². The average molecular weight is 233 g/mol. The fraction of sp³-hybridized carbons (Fsp3) is 0.273. The molecular formula is C11H11N3O3. The predicted octanol–water partition coefficient (Wildman–Crippen LogP) is 0.398. The molecule has 1 aromatic heterocycles. The molecule has 0 spiro atoms. The Kier molecular flexibility index (Phi) is 4.63. The van der Waals surface area contributed by atoms with Gasteiger partial charge in [-0.25, -0.2) is 4.79 Å². The van der Waals surface area contributed by atoms with Crippen LogP contribution < -0.4 is 5.32 Å². The largest absolute Gasteiger partial charge is 0.465 e. The molecule has 0 bridgehead atoms. The molecule has 0 radical (unpaired) electrons. The summed E-state index contributed by atoms with van der Waals surface area (Å²) in [5.41, 5.74) is 0.895. The summed E-state index contributed by atoms with van der Waals surface area (Å²) in [6.07, 6.45) is 1.26. The summed E-state index contributed by atoms with van der Waals surface area (Å²) in [5.74, 6) is -0.838. The normalized spacial score (nSPS) is 9.18. The van der Waals surface area contributed by atoms with Crippen LogP contribution in [0.15, 0.2) is 18.3 Å². The van der Waals surface area contributed by atoms with Crippen LogP contribution in [0.2, 0.25) is 0 Å². The third kappa shape index (κ3) is 3.91.